The zero-order chi connectivity index (χ0) is 16.5. The van der Waals surface area contributed by atoms with Crippen LogP contribution in [0.1, 0.15) is 12.0 Å². The summed E-state index contributed by atoms with van der Waals surface area (Å²) in [5, 5.41) is 11.6. The first-order valence-electron chi connectivity index (χ1n) is 8.03. The van der Waals surface area contributed by atoms with E-state index in [0.717, 1.165) is 41.7 Å². The zero-order valence-corrected chi connectivity index (χ0v) is 13.1. The maximum atomic E-state index is 13.3. The van der Waals surface area contributed by atoms with Crippen molar-refractivity contribution in [3.8, 4) is 0 Å². The van der Waals surface area contributed by atoms with E-state index in [-0.39, 0.29) is 0 Å². The largest absolute Gasteiger partial charge is 0.381 e. The van der Waals surface area contributed by atoms with Crippen LogP contribution >= 0.6 is 0 Å². The number of anilines is 1. The molecule has 1 aromatic heterocycles. The van der Waals surface area contributed by atoms with Gasteiger partial charge < -0.3 is 5.32 Å². The highest BCUT2D eigenvalue weighted by Gasteiger charge is 2.22. The lowest BCUT2D eigenvalue weighted by molar-refractivity contribution is 0.327. The fraction of sp³-hybridized carbons (Fsp3) is 0.278. The molecule has 24 heavy (non-hydrogen) atoms. The Morgan fingerprint density at radius 3 is 2.96 bits per heavy atom. The number of halogens is 2. The summed E-state index contributed by atoms with van der Waals surface area (Å²) >= 11 is 0. The first-order chi connectivity index (χ1) is 11.7. The Balaban J connectivity index is 1.38. The number of aromatic nitrogens is 2. The Bertz CT molecular complexity index is 861. The van der Waals surface area contributed by atoms with E-state index in [0.29, 0.717) is 12.6 Å². The van der Waals surface area contributed by atoms with Crippen molar-refractivity contribution in [1.82, 2.24) is 15.1 Å². The van der Waals surface area contributed by atoms with Crippen LogP contribution in [0.5, 0.6) is 0 Å². The summed E-state index contributed by atoms with van der Waals surface area (Å²) in [4.78, 5) is 2.25. The van der Waals surface area contributed by atoms with E-state index in [2.05, 4.69) is 26.5 Å². The number of nitrogens with one attached hydrogen (secondary N) is 2. The number of nitrogens with zero attached hydrogens (tertiary/aromatic N) is 2. The lowest BCUT2D eigenvalue weighted by Crippen LogP contribution is -2.26. The average molecular weight is 328 g/mol. The molecule has 0 radical (unpaired) electrons. The molecule has 2 aromatic carbocycles. The van der Waals surface area contributed by atoms with E-state index >= 15 is 0 Å². The average Bonchev–Trinajstić information content (AvgIpc) is 3.20. The third-order valence-corrected chi connectivity index (χ3v) is 4.47. The molecule has 1 aliphatic rings. The van der Waals surface area contributed by atoms with Crippen molar-refractivity contribution in [3.63, 3.8) is 0 Å². The topological polar surface area (TPSA) is 44.0 Å². The van der Waals surface area contributed by atoms with Crippen molar-refractivity contribution in [3.05, 3.63) is 59.8 Å². The Kier molecular flexibility index (Phi) is 3.90. The molecule has 124 valence electrons. The Labute approximate surface area is 138 Å². The normalized spacial score (nSPS) is 18.3. The smallest absolute Gasteiger partial charge is 0.159 e. The van der Waals surface area contributed by atoms with Crippen LogP contribution in [0.2, 0.25) is 0 Å². The van der Waals surface area contributed by atoms with Gasteiger partial charge in [0.2, 0.25) is 0 Å². The summed E-state index contributed by atoms with van der Waals surface area (Å²) in [5.74, 6) is -1.58. The van der Waals surface area contributed by atoms with Crippen molar-refractivity contribution in [2.45, 2.75) is 19.0 Å². The van der Waals surface area contributed by atoms with Gasteiger partial charge >= 0.3 is 0 Å². The molecular formula is C18H18F2N4. The molecular weight excluding hydrogens is 310 g/mol. The van der Waals surface area contributed by atoms with E-state index in [4.69, 9.17) is 0 Å². The molecule has 2 N–H and O–H groups in total. The van der Waals surface area contributed by atoms with Crippen LogP contribution < -0.4 is 5.32 Å². The summed E-state index contributed by atoms with van der Waals surface area (Å²) < 4.78 is 26.3. The molecule has 2 heterocycles. The van der Waals surface area contributed by atoms with Crippen molar-refractivity contribution in [2.75, 3.05) is 18.4 Å². The second-order valence-electron chi connectivity index (χ2n) is 6.29. The number of hydrogen-bond donors (Lipinski definition) is 2. The minimum Gasteiger partial charge on any atom is -0.381 e. The van der Waals surface area contributed by atoms with Gasteiger partial charge in [-0.05, 0) is 42.3 Å². The van der Waals surface area contributed by atoms with Crippen molar-refractivity contribution in [1.29, 1.82) is 0 Å². The monoisotopic (exact) mass is 328 g/mol. The molecule has 0 saturated carbocycles. The van der Waals surface area contributed by atoms with Gasteiger partial charge in [0.25, 0.3) is 0 Å². The fourth-order valence-corrected chi connectivity index (χ4v) is 3.26. The number of aromatic amines is 1. The molecule has 0 bridgehead atoms. The third-order valence-electron chi connectivity index (χ3n) is 4.47. The molecule has 3 aromatic rings. The van der Waals surface area contributed by atoms with Gasteiger partial charge in [-0.25, -0.2) is 8.78 Å². The van der Waals surface area contributed by atoms with Crippen molar-refractivity contribution in [2.24, 2.45) is 0 Å². The van der Waals surface area contributed by atoms with Gasteiger partial charge in [-0.1, -0.05) is 6.07 Å². The van der Waals surface area contributed by atoms with Gasteiger partial charge in [0, 0.05) is 36.7 Å². The number of hydrogen-bond acceptors (Lipinski definition) is 3. The maximum absolute atomic E-state index is 13.3. The van der Waals surface area contributed by atoms with E-state index in [1.165, 1.54) is 12.1 Å². The summed E-state index contributed by atoms with van der Waals surface area (Å²) in [6.07, 6.45) is 2.83. The number of rotatable bonds is 4. The molecule has 4 rings (SSSR count). The van der Waals surface area contributed by atoms with Crippen molar-refractivity contribution < 1.29 is 8.78 Å². The van der Waals surface area contributed by atoms with Crippen LogP contribution in [0, 0.1) is 11.6 Å². The van der Waals surface area contributed by atoms with Crippen LogP contribution in [0.4, 0.5) is 14.5 Å². The molecule has 1 fully saturated rings. The Hall–Kier alpha value is -2.47. The summed E-state index contributed by atoms with van der Waals surface area (Å²) in [6.45, 7) is 2.45. The highest BCUT2D eigenvalue weighted by atomic mass is 19.2. The van der Waals surface area contributed by atoms with Crippen LogP contribution in [-0.2, 0) is 6.54 Å². The summed E-state index contributed by atoms with van der Waals surface area (Å²) in [6, 6.07) is 10.6. The lowest BCUT2D eigenvalue weighted by atomic mass is 10.2. The van der Waals surface area contributed by atoms with Gasteiger partial charge in [-0.15, -0.1) is 0 Å². The Morgan fingerprint density at radius 1 is 1.17 bits per heavy atom. The molecule has 0 amide bonds. The predicted molar refractivity (Wildman–Crippen MR) is 89.8 cm³/mol. The molecule has 4 nitrogen and oxygen atoms in total. The lowest BCUT2D eigenvalue weighted by Gasteiger charge is -2.17. The third kappa shape index (κ3) is 3.10. The van der Waals surface area contributed by atoms with Crippen LogP contribution in [-0.4, -0.2) is 34.2 Å². The second kappa shape index (κ2) is 6.20. The molecule has 0 spiro atoms. The maximum Gasteiger partial charge on any atom is 0.159 e. The van der Waals surface area contributed by atoms with E-state index in [1.54, 1.807) is 6.07 Å². The van der Waals surface area contributed by atoms with Gasteiger partial charge in [0.05, 0.1) is 11.7 Å². The highest BCUT2D eigenvalue weighted by Crippen LogP contribution is 2.21. The van der Waals surface area contributed by atoms with Gasteiger partial charge in [-0.3, -0.25) is 10.00 Å². The quantitative estimate of drug-likeness (QED) is 0.770. The number of benzene rings is 2. The summed E-state index contributed by atoms with van der Waals surface area (Å²) in [7, 11) is 0. The molecule has 1 saturated heterocycles. The first kappa shape index (κ1) is 15.1. The van der Waals surface area contributed by atoms with Crippen molar-refractivity contribution >= 4 is 16.6 Å². The molecule has 6 heteroatoms. The predicted octanol–water partition coefficient (Wildman–Crippen LogP) is 3.53. The second-order valence-corrected chi connectivity index (χ2v) is 6.29. The Morgan fingerprint density at radius 2 is 2.08 bits per heavy atom. The van der Waals surface area contributed by atoms with E-state index < -0.39 is 11.6 Å². The summed E-state index contributed by atoms with van der Waals surface area (Å²) in [5.41, 5.74) is 2.89. The highest BCUT2D eigenvalue weighted by molar-refractivity contribution is 5.81. The van der Waals surface area contributed by atoms with Gasteiger partial charge in [-0.2, -0.15) is 5.10 Å². The van der Waals surface area contributed by atoms with E-state index in [9.17, 15) is 8.78 Å². The SMILES string of the molecule is Fc1ccc(CN2CC[C@@H](Nc3ccc4[nH]ncc4c3)C2)cc1F. The van der Waals surface area contributed by atoms with Crippen LogP contribution in [0.15, 0.2) is 42.6 Å². The minimum atomic E-state index is -0.797. The standard InChI is InChI=1S/C18H18F2N4/c19-16-3-1-12(7-17(16)20)10-24-6-5-15(11-24)22-14-2-4-18-13(8-14)9-21-23-18/h1-4,7-9,15,22H,5-6,10-11H2,(H,21,23)/t15-/m1/s1. The van der Waals surface area contributed by atoms with Crippen LogP contribution in [0.3, 0.4) is 0 Å². The minimum absolute atomic E-state index is 0.347. The number of H-pyrrole nitrogens is 1. The molecule has 1 atom stereocenters. The zero-order valence-electron chi connectivity index (χ0n) is 13.1. The van der Waals surface area contributed by atoms with Crippen LogP contribution in [0.25, 0.3) is 10.9 Å². The van der Waals surface area contributed by atoms with Gasteiger partial charge in [0.15, 0.2) is 11.6 Å². The fourth-order valence-electron chi connectivity index (χ4n) is 3.26. The molecule has 1 aliphatic heterocycles. The number of likely N-dealkylation sites (tertiary alicyclic amines) is 1. The first-order valence-corrected chi connectivity index (χ1v) is 8.03. The molecule has 0 unspecified atom stereocenters. The number of fused-ring (bicyclic) bond motifs is 1. The van der Waals surface area contributed by atoms with Gasteiger partial charge in [0.1, 0.15) is 0 Å². The molecule has 0 aliphatic carbocycles. The van der Waals surface area contributed by atoms with E-state index in [1.807, 2.05) is 18.3 Å².